The molecule has 0 atom stereocenters. The number of piperazine rings is 1. The molecule has 1 heterocycles. The molecule has 3 nitrogen and oxygen atoms in total. The summed E-state index contributed by atoms with van der Waals surface area (Å²) in [6, 6.07) is 9.96. The van der Waals surface area contributed by atoms with Crippen LogP contribution in [-0.2, 0) is 4.79 Å². The Kier molecular flexibility index (Phi) is 5.81. The minimum absolute atomic E-state index is 0.129. The zero-order valence-corrected chi connectivity index (χ0v) is 12.3. The molecule has 0 saturated carbocycles. The second kappa shape index (κ2) is 7.85. The van der Waals surface area contributed by atoms with E-state index in [9.17, 15) is 4.79 Å². The molecule has 0 radical (unpaired) electrons. The number of carbonyl (C=O) groups is 1. The minimum Gasteiger partial charge on any atom is -0.337 e. The Morgan fingerprint density at radius 1 is 1.15 bits per heavy atom. The summed E-state index contributed by atoms with van der Waals surface area (Å²) in [5, 5.41) is 0. The zero-order chi connectivity index (χ0) is 14.2. The largest absolute Gasteiger partial charge is 0.337 e. The summed E-state index contributed by atoms with van der Waals surface area (Å²) in [4.78, 5) is 16.5. The Hall–Kier alpha value is -1.61. The topological polar surface area (TPSA) is 23.6 Å². The van der Waals surface area contributed by atoms with Gasteiger partial charge in [-0.3, -0.25) is 9.69 Å². The quantitative estimate of drug-likeness (QED) is 0.769. The lowest BCUT2D eigenvalue weighted by atomic mass is 10.2. The first-order chi connectivity index (χ1) is 9.79. The zero-order valence-electron chi connectivity index (χ0n) is 12.3. The van der Waals surface area contributed by atoms with Crippen LogP contribution < -0.4 is 0 Å². The molecular formula is C17H24N2O. The first-order valence-electron chi connectivity index (χ1n) is 7.54. The van der Waals surface area contributed by atoms with E-state index in [0.717, 1.165) is 31.7 Å². The van der Waals surface area contributed by atoms with Crippen LogP contribution in [0.5, 0.6) is 0 Å². The average molecular weight is 272 g/mol. The van der Waals surface area contributed by atoms with Crippen molar-refractivity contribution in [3.8, 4) is 0 Å². The van der Waals surface area contributed by atoms with Crippen LogP contribution in [0.4, 0.5) is 0 Å². The Bertz CT molecular complexity index is 434. The molecule has 20 heavy (non-hydrogen) atoms. The Labute approximate surface area is 121 Å². The fraction of sp³-hybridized carbons (Fsp3) is 0.471. The van der Waals surface area contributed by atoms with Crippen LogP contribution in [0, 0.1) is 0 Å². The van der Waals surface area contributed by atoms with Gasteiger partial charge in [0.25, 0.3) is 0 Å². The first kappa shape index (κ1) is 14.8. The number of hydrogen-bond acceptors (Lipinski definition) is 2. The van der Waals surface area contributed by atoms with Gasteiger partial charge in [-0.05, 0) is 24.6 Å². The SMILES string of the molecule is CCCCN1CCN(C(=O)C=Cc2ccccc2)CC1. The molecule has 3 heteroatoms. The van der Waals surface area contributed by atoms with Crippen LogP contribution in [0.3, 0.4) is 0 Å². The number of benzene rings is 1. The maximum absolute atomic E-state index is 12.1. The molecule has 1 aliphatic heterocycles. The van der Waals surface area contributed by atoms with Gasteiger partial charge in [0.1, 0.15) is 0 Å². The second-order valence-electron chi connectivity index (χ2n) is 5.26. The molecule has 1 aromatic rings. The van der Waals surface area contributed by atoms with Gasteiger partial charge in [-0.2, -0.15) is 0 Å². The van der Waals surface area contributed by atoms with Crippen molar-refractivity contribution in [3.05, 3.63) is 42.0 Å². The van der Waals surface area contributed by atoms with Gasteiger partial charge in [0.2, 0.25) is 5.91 Å². The van der Waals surface area contributed by atoms with Crippen molar-refractivity contribution < 1.29 is 4.79 Å². The highest BCUT2D eigenvalue weighted by molar-refractivity contribution is 5.91. The maximum Gasteiger partial charge on any atom is 0.246 e. The van der Waals surface area contributed by atoms with E-state index in [1.165, 1.54) is 19.4 Å². The molecule has 1 aliphatic rings. The third-order valence-electron chi connectivity index (χ3n) is 3.73. The van der Waals surface area contributed by atoms with Crippen molar-refractivity contribution in [1.82, 2.24) is 9.80 Å². The molecule has 1 fully saturated rings. The van der Waals surface area contributed by atoms with E-state index in [1.54, 1.807) is 6.08 Å². The molecule has 0 spiro atoms. The summed E-state index contributed by atoms with van der Waals surface area (Å²) in [7, 11) is 0. The molecule has 0 unspecified atom stereocenters. The van der Waals surface area contributed by atoms with Gasteiger partial charge in [0.15, 0.2) is 0 Å². The van der Waals surface area contributed by atoms with Crippen molar-refractivity contribution in [2.24, 2.45) is 0 Å². The van der Waals surface area contributed by atoms with E-state index in [2.05, 4.69) is 11.8 Å². The van der Waals surface area contributed by atoms with E-state index >= 15 is 0 Å². The third-order valence-corrected chi connectivity index (χ3v) is 3.73. The number of nitrogens with zero attached hydrogens (tertiary/aromatic N) is 2. The van der Waals surface area contributed by atoms with Crippen LogP contribution >= 0.6 is 0 Å². The Morgan fingerprint density at radius 3 is 2.50 bits per heavy atom. The lowest BCUT2D eigenvalue weighted by molar-refractivity contribution is -0.127. The monoisotopic (exact) mass is 272 g/mol. The second-order valence-corrected chi connectivity index (χ2v) is 5.26. The summed E-state index contributed by atoms with van der Waals surface area (Å²) in [5.74, 6) is 0.129. The number of rotatable bonds is 5. The highest BCUT2D eigenvalue weighted by Gasteiger charge is 2.18. The maximum atomic E-state index is 12.1. The molecular weight excluding hydrogens is 248 g/mol. The van der Waals surface area contributed by atoms with Gasteiger partial charge < -0.3 is 4.90 Å². The van der Waals surface area contributed by atoms with Crippen molar-refractivity contribution in [2.75, 3.05) is 32.7 Å². The number of carbonyl (C=O) groups excluding carboxylic acids is 1. The standard InChI is InChI=1S/C17H24N2O/c1-2-3-11-18-12-14-19(15-13-18)17(20)10-9-16-7-5-4-6-8-16/h4-10H,2-3,11-15H2,1H3. The number of amides is 1. The molecule has 0 aliphatic carbocycles. The minimum atomic E-state index is 0.129. The van der Waals surface area contributed by atoms with Crippen molar-refractivity contribution >= 4 is 12.0 Å². The van der Waals surface area contributed by atoms with E-state index in [0.29, 0.717) is 0 Å². The number of unbranched alkanes of at least 4 members (excludes halogenated alkanes) is 1. The average Bonchev–Trinajstić information content (AvgIpc) is 2.52. The fourth-order valence-corrected chi connectivity index (χ4v) is 2.41. The summed E-state index contributed by atoms with van der Waals surface area (Å²) in [6.07, 6.45) is 6.07. The van der Waals surface area contributed by atoms with Gasteiger partial charge >= 0.3 is 0 Å². The van der Waals surface area contributed by atoms with Crippen molar-refractivity contribution in [1.29, 1.82) is 0 Å². The van der Waals surface area contributed by atoms with Crippen LogP contribution in [0.25, 0.3) is 6.08 Å². The molecule has 0 aromatic heterocycles. The summed E-state index contributed by atoms with van der Waals surface area (Å²) >= 11 is 0. The summed E-state index contributed by atoms with van der Waals surface area (Å²) in [6.45, 7) is 7.09. The fourth-order valence-electron chi connectivity index (χ4n) is 2.41. The molecule has 1 amide bonds. The first-order valence-corrected chi connectivity index (χ1v) is 7.54. The molecule has 1 aromatic carbocycles. The lowest BCUT2D eigenvalue weighted by Gasteiger charge is -2.34. The Morgan fingerprint density at radius 2 is 1.85 bits per heavy atom. The predicted molar refractivity (Wildman–Crippen MR) is 83.4 cm³/mol. The van der Waals surface area contributed by atoms with Crippen molar-refractivity contribution in [3.63, 3.8) is 0 Å². The van der Waals surface area contributed by atoms with Gasteiger partial charge in [0.05, 0.1) is 0 Å². The van der Waals surface area contributed by atoms with E-state index in [-0.39, 0.29) is 5.91 Å². The highest BCUT2D eigenvalue weighted by atomic mass is 16.2. The van der Waals surface area contributed by atoms with Gasteiger partial charge in [-0.1, -0.05) is 43.7 Å². The Balaban J connectivity index is 1.79. The summed E-state index contributed by atoms with van der Waals surface area (Å²) < 4.78 is 0. The van der Waals surface area contributed by atoms with E-state index in [4.69, 9.17) is 0 Å². The van der Waals surface area contributed by atoms with Gasteiger partial charge in [-0.25, -0.2) is 0 Å². The molecule has 1 saturated heterocycles. The molecule has 2 rings (SSSR count). The van der Waals surface area contributed by atoms with Crippen molar-refractivity contribution in [2.45, 2.75) is 19.8 Å². The summed E-state index contributed by atoms with van der Waals surface area (Å²) in [5.41, 5.74) is 1.07. The molecule has 108 valence electrons. The number of hydrogen-bond donors (Lipinski definition) is 0. The van der Waals surface area contributed by atoms with Gasteiger partial charge in [0, 0.05) is 32.3 Å². The highest BCUT2D eigenvalue weighted by Crippen LogP contribution is 2.06. The molecule has 0 N–H and O–H groups in total. The van der Waals surface area contributed by atoms with Gasteiger partial charge in [-0.15, -0.1) is 0 Å². The van der Waals surface area contributed by atoms with Crippen LogP contribution in [0.2, 0.25) is 0 Å². The normalized spacial score (nSPS) is 16.8. The van der Waals surface area contributed by atoms with E-state index in [1.807, 2.05) is 41.3 Å². The van der Waals surface area contributed by atoms with Crippen LogP contribution in [-0.4, -0.2) is 48.4 Å². The van der Waals surface area contributed by atoms with Crippen LogP contribution in [0.1, 0.15) is 25.3 Å². The molecule has 0 bridgehead atoms. The van der Waals surface area contributed by atoms with Crippen LogP contribution in [0.15, 0.2) is 36.4 Å². The van der Waals surface area contributed by atoms with E-state index < -0.39 is 0 Å². The smallest absolute Gasteiger partial charge is 0.246 e. The third kappa shape index (κ3) is 4.49. The predicted octanol–water partition coefficient (Wildman–Crippen LogP) is 2.64. The lowest BCUT2D eigenvalue weighted by Crippen LogP contribution is -2.48.